The van der Waals surface area contributed by atoms with Gasteiger partial charge in [-0.1, -0.05) is 188 Å². The summed E-state index contributed by atoms with van der Waals surface area (Å²) in [7, 11) is 0. The molecule has 0 fully saturated rings. The molecule has 1 amide bonds. The largest absolute Gasteiger partial charge is 0.394 e. The quantitative estimate of drug-likeness (QED) is 0.0458. The van der Waals surface area contributed by atoms with Crippen molar-refractivity contribution in [3.05, 3.63) is 97.2 Å². The Morgan fingerprint density at radius 3 is 1.36 bits per heavy atom. The number of hydrogen-bond acceptors (Lipinski definition) is 3. The molecule has 0 aromatic carbocycles. The molecule has 4 nitrogen and oxygen atoms in total. The fraction of sp³-hybridized carbons (Fsp3) is 0.630. The van der Waals surface area contributed by atoms with Gasteiger partial charge in [0.2, 0.25) is 5.91 Å². The second kappa shape index (κ2) is 40.7. The van der Waals surface area contributed by atoms with E-state index in [1.54, 1.807) is 6.08 Å². The standard InChI is InChI=1S/C46H77NO3/c1-3-5-7-9-11-13-15-17-19-20-21-22-23-24-25-26-28-29-31-33-35-37-39-41-45(49)44(43-48)47-46(50)42-40-38-36-34-32-30-27-18-16-14-12-10-8-6-4-2/h6,8,12,14,18,25-27,31-34,38-41,44-45,48-49H,3-5,7,9-11,13,15-17,19-24,28-30,35-37,42-43H2,1-2H3,(H,47,50)/b8-6-,14-12-,26-25+,27-18-,33-31+,34-32-,40-38-,41-39+. The highest BCUT2D eigenvalue weighted by Crippen LogP contribution is 2.13. The van der Waals surface area contributed by atoms with Crippen molar-refractivity contribution >= 4 is 5.91 Å². The summed E-state index contributed by atoms with van der Waals surface area (Å²) in [5.41, 5.74) is 0. The Labute approximate surface area is 309 Å². The zero-order valence-electron chi connectivity index (χ0n) is 32.4. The third-order valence-corrected chi connectivity index (χ3v) is 8.56. The number of aliphatic hydroxyl groups is 2. The molecule has 0 aliphatic carbocycles. The molecule has 0 bridgehead atoms. The van der Waals surface area contributed by atoms with E-state index in [0.717, 1.165) is 57.8 Å². The van der Waals surface area contributed by atoms with Gasteiger partial charge < -0.3 is 15.5 Å². The molecule has 0 heterocycles. The predicted octanol–water partition coefficient (Wildman–Crippen LogP) is 12.7. The van der Waals surface area contributed by atoms with Gasteiger partial charge in [-0.15, -0.1) is 0 Å². The molecule has 284 valence electrons. The highest BCUT2D eigenvalue weighted by molar-refractivity contribution is 5.77. The molecule has 0 aliphatic heterocycles. The minimum Gasteiger partial charge on any atom is -0.394 e. The van der Waals surface area contributed by atoms with Crippen molar-refractivity contribution in [3.63, 3.8) is 0 Å². The Bertz CT molecular complexity index is 968. The molecule has 50 heavy (non-hydrogen) atoms. The van der Waals surface area contributed by atoms with Crippen LogP contribution in [0.2, 0.25) is 0 Å². The highest BCUT2D eigenvalue weighted by Gasteiger charge is 2.17. The van der Waals surface area contributed by atoms with E-state index in [1.165, 1.54) is 89.9 Å². The number of carbonyl (C=O) groups is 1. The second-order valence-corrected chi connectivity index (χ2v) is 13.3. The molecule has 0 aliphatic rings. The summed E-state index contributed by atoms with van der Waals surface area (Å²) in [6, 6.07) is -0.705. The van der Waals surface area contributed by atoms with Gasteiger partial charge in [-0.25, -0.2) is 0 Å². The predicted molar refractivity (Wildman–Crippen MR) is 220 cm³/mol. The molecule has 0 aromatic rings. The van der Waals surface area contributed by atoms with Gasteiger partial charge in [0, 0.05) is 6.42 Å². The second-order valence-electron chi connectivity index (χ2n) is 13.3. The zero-order chi connectivity index (χ0) is 36.4. The maximum absolute atomic E-state index is 12.3. The van der Waals surface area contributed by atoms with Gasteiger partial charge in [-0.05, 0) is 70.6 Å². The molecular weight excluding hydrogens is 615 g/mol. The Kier molecular flexibility index (Phi) is 38.5. The lowest BCUT2D eigenvalue weighted by atomic mass is 10.0. The van der Waals surface area contributed by atoms with Crippen LogP contribution in [0.25, 0.3) is 0 Å². The van der Waals surface area contributed by atoms with Crippen molar-refractivity contribution in [3.8, 4) is 0 Å². The number of unbranched alkanes of at least 4 members (excludes halogenated alkanes) is 15. The summed E-state index contributed by atoms with van der Waals surface area (Å²) < 4.78 is 0. The van der Waals surface area contributed by atoms with Crippen LogP contribution in [0.5, 0.6) is 0 Å². The van der Waals surface area contributed by atoms with Gasteiger partial charge in [0.25, 0.3) is 0 Å². The molecule has 3 N–H and O–H groups in total. The van der Waals surface area contributed by atoms with Crippen molar-refractivity contribution in [2.24, 2.45) is 0 Å². The summed E-state index contributed by atoms with van der Waals surface area (Å²) in [4.78, 5) is 12.3. The Morgan fingerprint density at radius 2 is 0.900 bits per heavy atom. The van der Waals surface area contributed by atoms with E-state index in [-0.39, 0.29) is 18.9 Å². The number of allylic oxidation sites excluding steroid dienone is 14. The van der Waals surface area contributed by atoms with E-state index < -0.39 is 12.1 Å². The van der Waals surface area contributed by atoms with E-state index >= 15 is 0 Å². The van der Waals surface area contributed by atoms with E-state index in [9.17, 15) is 15.0 Å². The lowest BCUT2D eigenvalue weighted by Gasteiger charge is -2.19. The van der Waals surface area contributed by atoms with Crippen LogP contribution in [-0.2, 0) is 4.79 Å². The topological polar surface area (TPSA) is 69.6 Å². The molecular formula is C46H77NO3. The maximum Gasteiger partial charge on any atom is 0.224 e. The van der Waals surface area contributed by atoms with Crippen LogP contribution in [0.4, 0.5) is 0 Å². The molecule has 2 atom stereocenters. The molecule has 4 heteroatoms. The smallest absolute Gasteiger partial charge is 0.224 e. The fourth-order valence-corrected chi connectivity index (χ4v) is 5.45. The summed E-state index contributed by atoms with van der Waals surface area (Å²) in [6.07, 6.45) is 61.1. The normalized spacial score (nSPS) is 14.1. The number of nitrogens with one attached hydrogen (secondary N) is 1. The van der Waals surface area contributed by atoms with Crippen LogP contribution in [0.1, 0.15) is 168 Å². The SMILES string of the molecule is CC/C=C\C/C=C\C/C=C\C/C=C\C/C=C\CC(=O)NC(CO)C(O)/C=C/CC/C=C/CC/C=C/CCCCCCCCCCCCCCC. The number of rotatable bonds is 35. The fourth-order valence-electron chi connectivity index (χ4n) is 5.45. The van der Waals surface area contributed by atoms with E-state index in [2.05, 4.69) is 92.1 Å². The molecule has 0 rings (SSSR count). The Balaban J connectivity index is 3.80. The van der Waals surface area contributed by atoms with Crippen LogP contribution >= 0.6 is 0 Å². The minimum absolute atomic E-state index is 0.209. The van der Waals surface area contributed by atoms with Gasteiger partial charge in [0.15, 0.2) is 0 Å². The Morgan fingerprint density at radius 1 is 0.500 bits per heavy atom. The van der Waals surface area contributed by atoms with Gasteiger partial charge in [-0.2, -0.15) is 0 Å². The first-order valence-corrected chi connectivity index (χ1v) is 20.5. The number of hydrogen-bond donors (Lipinski definition) is 3. The summed E-state index contributed by atoms with van der Waals surface area (Å²) >= 11 is 0. The van der Waals surface area contributed by atoms with E-state index in [0.29, 0.717) is 0 Å². The molecule has 0 radical (unpaired) electrons. The van der Waals surface area contributed by atoms with Gasteiger partial charge >= 0.3 is 0 Å². The maximum atomic E-state index is 12.3. The number of aliphatic hydroxyl groups excluding tert-OH is 2. The van der Waals surface area contributed by atoms with Crippen LogP contribution in [0, 0.1) is 0 Å². The van der Waals surface area contributed by atoms with Crippen molar-refractivity contribution in [2.45, 2.75) is 180 Å². The van der Waals surface area contributed by atoms with Crippen LogP contribution in [-0.4, -0.2) is 34.9 Å². The highest BCUT2D eigenvalue weighted by atomic mass is 16.3. The first-order chi connectivity index (χ1) is 24.7. The van der Waals surface area contributed by atoms with Gasteiger partial charge in [-0.3, -0.25) is 4.79 Å². The van der Waals surface area contributed by atoms with E-state index in [1.807, 2.05) is 18.2 Å². The summed E-state index contributed by atoms with van der Waals surface area (Å²) in [6.45, 7) is 4.12. The van der Waals surface area contributed by atoms with Crippen molar-refractivity contribution in [1.29, 1.82) is 0 Å². The van der Waals surface area contributed by atoms with Crippen molar-refractivity contribution < 1.29 is 15.0 Å². The van der Waals surface area contributed by atoms with Crippen LogP contribution in [0.3, 0.4) is 0 Å². The third-order valence-electron chi connectivity index (χ3n) is 8.56. The summed E-state index contributed by atoms with van der Waals surface area (Å²) in [5.74, 6) is -0.209. The molecule has 0 saturated heterocycles. The lowest BCUT2D eigenvalue weighted by Crippen LogP contribution is -2.44. The average molecular weight is 692 g/mol. The minimum atomic E-state index is -0.915. The zero-order valence-corrected chi connectivity index (χ0v) is 32.4. The molecule has 0 spiro atoms. The van der Waals surface area contributed by atoms with Gasteiger partial charge in [0.1, 0.15) is 0 Å². The van der Waals surface area contributed by atoms with Gasteiger partial charge in [0.05, 0.1) is 18.8 Å². The van der Waals surface area contributed by atoms with Crippen molar-refractivity contribution in [1.82, 2.24) is 5.32 Å². The lowest BCUT2D eigenvalue weighted by molar-refractivity contribution is -0.122. The van der Waals surface area contributed by atoms with Crippen molar-refractivity contribution in [2.75, 3.05) is 6.61 Å². The monoisotopic (exact) mass is 692 g/mol. The first kappa shape index (κ1) is 47.3. The van der Waals surface area contributed by atoms with Crippen LogP contribution < -0.4 is 5.32 Å². The third kappa shape index (κ3) is 36.6. The number of amides is 1. The van der Waals surface area contributed by atoms with E-state index in [4.69, 9.17) is 0 Å². The Hall–Kier alpha value is -2.69. The summed E-state index contributed by atoms with van der Waals surface area (Å²) in [5, 5.41) is 22.8. The van der Waals surface area contributed by atoms with Crippen LogP contribution in [0.15, 0.2) is 97.2 Å². The number of carbonyl (C=O) groups excluding carboxylic acids is 1. The molecule has 0 saturated carbocycles. The average Bonchev–Trinajstić information content (AvgIpc) is 3.12. The molecule has 0 aromatic heterocycles. The molecule has 2 unspecified atom stereocenters. The first-order valence-electron chi connectivity index (χ1n) is 20.5.